The van der Waals surface area contributed by atoms with Gasteiger partial charge in [0.1, 0.15) is 17.7 Å². The maximum Gasteiger partial charge on any atom is 0.165 e. The van der Waals surface area contributed by atoms with E-state index < -0.39 is 29.1 Å². The van der Waals surface area contributed by atoms with Gasteiger partial charge in [0.05, 0.1) is 0 Å². The summed E-state index contributed by atoms with van der Waals surface area (Å²) in [4.78, 5) is 7.84. The molecule has 1 unspecified atom stereocenters. The largest absolute Gasteiger partial charge is 0.380 e. The van der Waals surface area contributed by atoms with E-state index in [1.807, 2.05) is 6.92 Å². The molecule has 2 heterocycles. The van der Waals surface area contributed by atoms with Crippen LogP contribution in [0.25, 0.3) is 0 Å². The first-order valence-electron chi connectivity index (χ1n) is 6.88. The zero-order valence-corrected chi connectivity index (χ0v) is 12.4. The minimum Gasteiger partial charge on any atom is -0.380 e. The highest BCUT2D eigenvalue weighted by atomic mass is 19.2. The third-order valence-corrected chi connectivity index (χ3v) is 3.20. The van der Waals surface area contributed by atoms with Crippen LogP contribution < -0.4 is 5.32 Å². The second kappa shape index (κ2) is 6.28. The third kappa shape index (κ3) is 3.20. The van der Waals surface area contributed by atoms with Gasteiger partial charge in [-0.2, -0.15) is 5.10 Å². The second-order valence-electron chi connectivity index (χ2n) is 5.05. The molecule has 1 aromatic carbocycles. The second-order valence-corrected chi connectivity index (χ2v) is 5.05. The maximum atomic E-state index is 13.8. The average molecular weight is 335 g/mol. The predicted octanol–water partition coefficient (Wildman–Crippen LogP) is 2.75. The lowest BCUT2D eigenvalue weighted by molar-refractivity contribution is 0.202. The summed E-state index contributed by atoms with van der Waals surface area (Å²) in [6, 6.07) is 4.32. The summed E-state index contributed by atoms with van der Waals surface area (Å²) in [5.74, 6) is -3.21. The Morgan fingerprint density at radius 3 is 2.67 bits per heavy atom. The van der Waals surface area contributed by atoms with Crippen LogP contribution in [0.15, 0.2) is 30.5 Å². The summed E-state index contributed by atoms with van der Waals surface area (Å²) >= 11 is 0. The zero-order valence-electron chi connectivity index (χ0n) is 12.4. The molecule has 3 rings (SSSR count). The number of aromatic nitrogens is 4. The van der Waals surface area contributed by atoms with Crippen LogP contribution >= 0.6 is 0 Å². The van der Waals surface area contributed by atoms with E-state index in [2.05, 4.69) is 25.5 Å². The molecule has 0 saturated heterocycles. The standard InChI is InChI=1S/C15H12F3N5O/c1-7-4-12(23-22-7)20-11-2-3-19-15(21-11)14(24)9-5-8(16)6-10(17)13(9)18/h2-6,14,24H,1H3,(H2,19,20,21,22,23). The SMILES string of the molecule is Cc1cc(Nc2ccnc(C(O)c3cc(F)cc(F)c3F)n2)n[nH]1. The first-order chi connectivity index (χ1) is 11.4. The number of aromatic amines is 1. The van der Waals surface area contributed by atoms with E-state index in [-0.39, 0.29) is 11.6 Å². The van der Waals surface area contributed by atoms with Crippen molar-refractivity contribution >= 4 is 11.6 Å². The molecular weight excluding hydrogens is 323 g/mol. The number of nitrogens with zero attached hydrogens (tertiary/aromatic N) is 3. The van der Waals surface area contributed by atoms with Gasteiger partial charge in [-0.15, -0.1) is 0 Å². The molecule has 6 nitrogen and oxygen atoms in total. The average Bonchev–Trinajstić information content (AvgIpc) is 2.95. The topological polar surface area (TPSA) is 86.7 Å². The van der Waals surface area contributed by atoms with E-state index >= 15 is 0 Å². The highest BCUT2D eigenvalue weighted by Crippen LogP contribution is 2.25. The molecule has 0 spiro atoms. The Kier molecular flexibility index (Phi) is 4.17. The normalized spacial score (nSPS) is 12.2. The van der Waals surface area contributed by atoms with Crippen molar-refractivity contribution in [1.29, 1.82) is 0 Å². The van der Waals surface area contributed by atoms with Gasteiger partial charge < -0.3 is 10.4 Å². The molecule has 0 aliphatic rings. The van der Waals surface area contributed by atoms with Crippen molar-refractivity contribution in [2.45, 2.75) is 13.0 Å². The molecule has 24 heavy (non-hydrogen) atoms. The number of H-pyrrole nitrogens is 1. The van der Waals surface area contributed by atoms with Gasteiger partial charge in [-0.1, -0.05) is 0 Å². The Balaban J connectivity index is 1.91. The van der Waals surface area contributed by atoms with Gasteiger partial charge in [0.15, 0.2) is 23.3 Å². The summed E-state index contributed by atoms with van der Waals surface area (Å²) in [5, 5.41) is 19.7. The number of hydrogen-bond acceptors (Lipinski definition) is 5. The fourth-order valence-corrected chi connectivity index (χ4v) is 2.10. The van der Waals surface area contributed by atoms with Crippen molar-refractivity contribution in [2.24, 2.45) is 0 Å². The quantitative estimate of drug-likeness (QED) is 0.638. The molecule has 0 fully saturated rings. The summed E-state index contributed by atoms with van der Waals surface area (Å²) in [6.07, 6.45) is -0.404. The Morgan fingerprint density at radius 1 is 1.17 bits per heavy atom. The number of rotatable bonds is 4. The Hall–Kier alpha value is -2.94. The van der Waals surface area contributed by atoms with Crippen molar-refractivity contribution < 1.29 is 18.3 Å². The molecule has 9 heteroatoms. The molecule has 0 amide bonds. The molecule has 0 aliphatic heterocycles. The number of anilines is 2. The van der Waals surface area contributed by atoms with Crippen molar-refractivity contribution in [1.82, 2.24) is 20.2 Å². The molecule has 0 bridgehead atoms. The van der Waals surface area contributed by atoms with E-state index in [1.54, 1.807) is 6.07 Å². The lowest BCUT2D eigenvalue weighted by atomic mass is 10.1. The van der Waals surface area contributed by atoms with Crippen LogP contribution in [0.4, 0.5) is 24.8 Å². The molecular formula is C15H12F3N5O. The van der Waals surface area contributed by atoms with Crippen molar-refractivity contribution in [3.8, 4) is 0 Å². The third-order valence-electron chi connectivity index (χ3n) is 3.20. The molecule has 124 valence electrons. The summed E-state index contributed by atoms with van der Waals surface area (Å²) < 4.78 is 40.3. The summed E-state index contributed by atoms with van der Waals surface area (Å²) in [5.41, 5.74) is 0.240. The van der Waals surface area contributed by atoms with E-state index in [9.17, 15) is 18.3 Å². The van der Waals surface area contributed by atoms with Crippen LogP contribution in [0.1, 0.15) is 23.2 Å². The van der Waals surface area contributed by atoms with Crippen molar-refractivity contribution in [3.05, 3.63) is 65.0 Å². The molecule has 3 aromatic rings. The van der Waals surface area contributed by atoms with Crippen LogP contribution in [-0.2, 0) is 0 Å². The van der Waals surface area contributed by atoms with Gasteiger partial charge in [-0.05, 0) is 19.1 Å². The fourth-order valence-electron chi connectivity index (χ4n) is 2.10. The lowest BCUT2D eigenvalue weighted by Crippen LogP contribution is -2.10. The minimum atomic E-state index is -1.72. The predicted molar refractivity (Wildman–Crippen MR) is 79.0 cm³/mol. The van der Waals surface area contributed by atoms with Crippen molar-refractivity contribution in [2.75, 3.05) is 5.32 Å². The molecule has 0 aliphatic carbocycles. The number of aliphatic hydroxyl groups excluding tert-OH is 1. The number of benzene rings is 1. The summed E-state index contributed by atoms with van der Waals surface area (Å²) in [7, 11) is 0. The van der Waals surface area contributed by atoms with Gasteiger partial charge in [0, 0.05) is 29.6 Å². The summed E-state index contributed by atoms with van der Waals surface area (Å²) in [6.45, 7) is 1.81. The smallest absolute Gasteiger partial charge is 0.165 e. The molecule has 0 radical (unpaired) electrons. The first kappa shape index (κ1) is 15.9. The van der Waals surface area contributed by atoms with Crippen LogP contribution in [-0.4, -0.2) is 25.3 Å². The molecule has 1 atom stereocenters. The Labute approximate surface area is 134 Å². The van der Waals surface area contributed by atoms with Crippen LogP contribution in [0.2, 0.25) is 0 Å². The zero-order chi connectivity index (χ0) is 17.3. The van der Waals surface area contributed by atoms with E-state index in [0.717, 1.165) is 5.69 Å². The van der Waals surface area contributed by atoms with Gasteiger partial charge in [-0.3, -0.25) is 5.10 Å². The maximum absolute atomic E-state index is 13.8. The Morgan fingerprint density at radius 2 is 1.96 bits per heavy atom. The number of hydrogen-bond donors (Lipinski definition) is 3. The van der Waals surface area contributed by atoms with Gasteiger partial charge >= 0.3 is 0 Å². The van der Waals surface area contributed by atoms with Gasteiger partial charge in [0.2, 0.25) is 0 Å². The molecule has 0 saturated carbocycles. The number of aliphatic hydroxyl groups is 1. The Bertz CT molecular complexity index is 883. The monoisotopic (exact) mass is 335 g/mol. The van der Waals surface area contributed by atoms with Gasteiger partial charge in [-0.25, -0.2) is 23.1 Å². The fraction of sp³-hybridized carbons (Fsp3) is 0.133. The molecule has 3 N–H and O–H groups in total. The highest BCUT2D eigenvalue weighted by molar-refractivity contribution is 5.51. The number of aryl methyl sites for hydroxylation is 1. The molecule has 2 aromatic heterocycles. The van der Waals surface area contributed by atoms with Crippen LogP contribution in [0.3, 0.4) is 0 Å². The van der Waals surface area contributed by atoms with E-state index in [4.69, 9.17) is 0 Å². The van der Waals surface area contributed by atoms with E-state index in [0.29, 0.717) is 18.0 Å². The van der Waals surface area contributed by atoms with Gasteiger partial charge in [0.25, 0.3) is 0 Å². The number of halogens is 3. The minimum absolute atomic E-state index is 0.212. The highest BCUT2D eigenvalue weighted by Gasteiger charge is 2.22. The van der Waals surface area contributed by atoms with E-state index in [1.165, 1.54) is 12.3 Å². The van der Waals surface area contributed by atoms with Crippen LogP contribution in [0.5, 0.6) is 0 Å². The lowest BCUT2D eigenvalue weighted by Gasteiger charge is -2.12. The van der Waals surface area contributed by atoms with Crippen LogP contribution in [0, 0.1) is 24.4 Å². The number of nitrogens with one attached hydrogen (secondary N) is 2. The first-order valence-corrected chi connectivity index (χ1v) is 6.88. The van der Waals surface area contributed by atoms with Crippen molar-refractivity contribution in [3.63, 3.8) is 0 Å².